The zero-order valence-corrected chi connectivity index (χ0v) is 22.5. The van der Waals surface area contributed by atoms with Gasteiger partial charge in [-0.1, -0.05) is 44.2 Å². The van der Waals surface area contributed by atoms with E-state index in [1.165, 1.54) is 23.5 Å². The summed E-state index contributed by atoms with van der Waals surface area (Å²) in [5.74, 6) is 1.26. The van der Waals surface area contributed by atoms with Crippen LogP contribution in [0.1, 0.15) is 44.7 Å². The van der Waals surface area contributed by atoms with Crippen LogP contribution < -0.4 is 23.8 Å². The molecule has 2 aliphatic rings. The van der Waals surface area contributed by atoms with Gasteiger partial charge < -0.3 is 19.5 Å². The van der Waals surface area contributed by atoms with Gasteiger partial charge in [0.25, 0.3) is 15.9 Å². The largest absolute Gasteiger partial charge is 0.497 e. The zero-order chi connectivity index (χ0) is 26.9. The van der Waals surface area contributed by atoms with Crippen LogP contribution in [-0.2, 0) is 14.8 Å². The molecule has 3 aromatic carbocycles. The number of sulfonamides is 1. The number of fused-ring (bicyclic) bond motifs is 2. The molecular weight excluding hydrogens is 504 g/mol. The SMILES string of the molecule is CCC1(CC)CC(NC(=O)C2CN(S(=O)(=O)c3ccc(OC)cc3)c3ccccc3O2)c2ccccc2O1. The van der Waals surface area contributed by atoms with Gasteiger partial charge in [-0.15, -0.1) is 0 Å². The molecule has 2 aliphatic heterocycles. The van der Waals surface area contributed by atoms with E-state index >= 15 is 0 Å². The molecule has 8 nitrogen and oxygen atoms in total. The van der Waals surface area contributed by atoms with Gasteiger partial charge in [0.1, 0.15) is 22.8 Å². The van der Waals surface area contributed by atoms with Crippen molar-refractivity contribution in [1.82, 2.24) is 5.32 Å². The minimum atomic E-state index is -3.98. The summed E-state index contributed by atoms with van der Waals surface area (Å²) in [4.78, 5) is 13.8. The summed E-state index contributed by atoms with van der Waals surface area (Å²) in [6.07, 6.45) is 1.17. The molecule has 0 fully saturated rings. The third-order valence-corrected chi connectivity index (χ3v) is 9.27. The summed E-state index contributed by atoms with van der Waals surface area (Å²) < 4.78 is 46.3. The molecule has 0 aromatic heterocycles. The molecule has 2 unspecified atom stereocenters. The number of benzene rings is 3. The van der Waals surface area contributed by atoms with Crippen LogP contribution >= 0.6 is 0 Å². The summed E-state index contributed by atoms with van der Waals surface area (Å²) in [7, 11) is -2.46. The lowest BCUT2D eigenvalue weighted by Crippen LogP contribution is -2.52. The molecule has 2 atom stereocenters. The number of para-hydroxylation sites is 3. The van der Waals surface area contributed by atoms with Crippen molar-refractivity contribution in [2.45, 2.75) is 55.8 Å². The van der Waals surface area contributed by atoms with Crippen molar-refractivity contribution < 1.29 is 27.4 Å². The average molecular weight is 537 g/mol. The molecule has 1 amide bonds. The number of carbonyl (C=O) groups is 1. The minimum absolute atomic E-state index is 0.100. The number of hydrogen-bond donors (Lipinski definition) is 1. The number of carbonyl (C=O) groups excluding carboxylic acids is 1. The Hall–Kier alpha value is -3.72. The smallest absolute Gasteiger partial charge is 0.264 e. The van der Waals surface area contributed by atoms with E-state index in [1.807, 2.05) is 24.3 Å². The number of ether oxygens (including phenoxy) is 3. The van der Waals surface area contributed by atoms with E-state index in [9.17, 15) is 13.2 Å². The highest BCUT2D eigenvalue weighted by Crippen LogP contribution is 2.43. The molecule has 3 aromatic rings. The Kier molecular flexibility index (Phi) is 6.96. The first-order valence-electron chi connectivity index (χ1n) is 12.8. The van der Waals surface area contributed by atoms with E-state index in [0.717, 1.165) is 24.2 Å². The molecule has 1 N–H and O–H groups in total. The predicted molar refractivity (Wildman–Crippen MR) is 144 cm³/mol. The van der Waals surface area contributed by atoms with Gasteiger partial charge in [0, 0.05) is 12.0 Å². The van der Waals surface area contributed by atoms with Crippen LogP contribution in [0.2, 0.25) is 0 Å². The van der Waals surface area contributed by atoms with Crippen molar-refractivity contribution >= 4 is 21.6 Å². The van der Waals surface area contributed by atoms with Crippen LogP contribution in [0.25, 0.3) is 0 Å². The number of nitrogens with zero attached hydrogens (tertiary/aromatic N) is 1. The third-order valence-electron chi connectivity index (χ3n) is 7.48. The van der Waals surface area contributed by atoms with E-state index in [1.54, 1.807) is 36.4 Å². The molecule has 200 valence electrons. The van der Waals surface area contributed by atoms with Crippen LogP contribution in [0, 0.1) is 0 Å². The second kappa shape index (κ2) is 10.2. The monoisotopic (exact) mass is 536 g/mol. The summed E-state index contributed by atoms with van der Waals surface area (Å²) in [5, 5.41) is 3.14. The first-order chi connectivity index (χ1) is 18.3. The van der Waals surface area contributed by atoms with Crippen molar-refractivity contribution in [2.75, 3.05) is 18.0 Å². The highest BCUT2D eigenvalue weighted by molar-refractivity contribution is 7.92. The fourth-order valence-electron chi connectivity index (χ4n) is 5.14. The Balaban J connectivity index is 1.44. The molecular formula is C29H32N2O6S. The number of amides is 1. The van der Waals surface area contributed by atoms with Crippen LogP contribution in [0.3, 0.4) is 0 Å². The van der Waals surface area contributed by atoms with Crippen molar-refractivity contribution in [3.05, 3.63) is 78.4 Å². The normalized spacial score (nSPS) is 19.8. The molecule has 0 aliphatic carbocycles. The highest BCUT2D eigenvalue weighted by Gasteiger charge is 2.42. The maximum absolute atomic E-state index is 13.7. The maximum atomic E-state index is 13.7. The average Bonchev–Trinajstić information content (AvgIpc) is 2.96. The van der Waals surface area contributed by atoms with E-state index in [0.29, 0.717) is 23.6 Å². The fraction of sp³-hybridized carbons (Fsp3) is 0.345. The van der Waals surface area contributed by atoms with Gasteiger partial charge in [-0.2, -0.15) is 0 Å². The first-order valence-corrected chi connectivity index (χ1v) is 14.2. The quantitative estimate of drug-likeness (QED) is 0.464. The lowest BCUT2D eigenvalue weighted by Gasteiger charge is -2.42. The van der Waals surface area contributed by atoms with Gasteiger partial charge in [-0.3, -0.25) is 9.10 Å². The Bertz CT molecular complexity index is 1420. The summed E-state index contributed by atoms with van der Waals surface area (Å²) in [6.45, 7) is 4.01. The van der Waals surface area contributed by atoms with E-state index in [4.69, 9.17) is 14.2 Å². The van der Waals surface area contributed by atoms with Crippen LogP contribution in [0.5, 0.6) is 17.2 Å². The molecule has 0 saturated heterocycles. The Labute approximate surface area is 223 Å². The molecule has 0 saturated carbocycles. The van der Waals surface area contributed by atoms with Crippen LogP contribution in [-0.4, -0.2) is 39.7 Å². The van der Waals surface area contributed by atoms with E-state index in [-0.39, 0.29) is 23.4 Å². The van der Waals surface area contributed by atoms with E-state index in [2.05, 4.69) is 19.2 Å². The van der Waals surface area contributed by atoms with Gasteiger partial charge in [0.05, 0.1) is 30.3 Å². The summed E-state index contributed by atoms with van der Waals surface area (Å²) in [5.41, 5.74) is 0.896. The van der Waals surface area contributed by atoms with Crippen molar-refractivity contribution in [2.24, 2.45) is 0 Å². The summed E-state index contributed by atoms with van der Waals surface area (Å²) >= 11 is 0. The Morgan fingerprint density at radius 1 is 1.00 bits per heavy atom. The third kappa shape index (κ3) is 4.67. The fourth-order valence-corrected chi connectivity index (χ4v) is 6.61. The van der Waals surface area contributed by atoms with Gasteiger partial charge in [-0.05, 0) is 55.3 Å². The first kappa shape index (κ1) is 25.9. The lowest BCUT2D eigenvalue weighted by molar-refractivity contribution is -0.129. The van der Waals surface area contributed by atoms with Gasteiger partial charge in [-0.25, -0.2) is 8.42 Å². The van der Waals surface area contributed by atoms with Gasteiger partial charge in [0.15, 0.2) is 6.10 Å². The number of nitrogens with one attached hydrogen (secondary N) is 1. The number of rotatable bonds is 7. The number of methoxy groups -OCH3 is 1. The van der Waals surface area contributed by atoms with Gasteiger partial charge in [0.2, 0.25) is 0 Å². The molecule has 0 bridgehead atoms. The molecule has 38 heavy (non-hydrogen) atoms. The molecule has 0 radical (unpaired) electrons. The van der Waals surface area contributed by atoms with Crippen molar-refractivity contribution in [3.63, 3.8) is 0 Å². The van der Waals surface area contributed by atoms with Crippen LogP contribution in [0.15, 0.2) is 77.7 Å². The molecule has 0 spiro atoms. The Morgan fingerprint density at radius 2 is 1.66 bits per heavy atom. The second-order valence-electron chi connectivity index (χ2n) is 9.58. The predicted octanol–water partition coefficient (Wildman–Crippen LogP) is 4.85. The molecule has 9 heteroatoms. The van der Waals surface area contributed by atoms with Gasteiger partial charge >= 0.3 is 0 Å². The Morgan fingerprint density at radius 3 is 2.34 bits per heavy atom. The standard InChI is InChI=1S/C29H32N2O6S/c1-4-29(5-2)18-23(22-10-6-8-12-25(22)37-29)30-28(32)27-19-31(24-11-7-9-13-26(24)36-27)38(33,34)21-16-14-20(35-3)15-17-21/h6-17,23,27H,4-5,18-19H2,1-3H3,(H,30,32). The summed E-state index contributed by atoms with van der Waals surface area (Å²) in [6, 6.07) is 20.5. The van der Waals surface area contributed by atoms with E-state index < -0.39 is 21.7 Å². The topological polar surface area (TPSA) is 94.2 Å². The second-order valence-corrected chi connectivity index (χ2v) is 11.4. The number of anilines is 1. The van der Waals surface area contributed by atoms with Crippen molar-refractivity contribution in [1.29, 1.82) is 0 Å². The minimum Gasteiger partial charge on any atom is -0.497 e. The van der Waals surface area contributed by atoms with Crippen molar-refractivity contribution in [3.8, 4) is 17.2 Å². The molecule has 2 heterocycles. The highest BCUT2D eigenvalue weighted by atomic mass is 32.2. The zero-order valence-electron chi connectivity index (χ0n) is 21.7. The molecule has 5 rings (SSSR count). The number of hydrogen-bond acceptors (Lipinski definition) is 6. The van der Waals surface area contributed by atoms with Crippen LogP contribution in [0.4, 0.5) is 5.69 Å². The lowest BCUT2D eigenvalue weighted by atomic mass is 9.83. The maximum Gasteiger partial charge on any atom is 0.264 e.